The molecular formula is C30H34ClF3N4O4. The second-order valence-electron chi connectivity index (χ2n) is 10.4. The predicted octanol–water partition coefficient (Wildman–Crippen LogP) is 6.47. The number of amides is 1. The van der Waals surface area contributed by atoms with Crippen LogP contribution >= 0.6 is 12.4 Å². The number of nitrogens with one attached hydrogen (secondary N) is 1. The first-order chi connectivity index (χ1) is 19.2. The van der Waals surface area contributed by atoms with Gasteiger partial charge in [-0.15, -0.1) is 12.4 Å². The molecule has 0 bridgehead atoms. The molecule has 0 aliphatic carbocycles. The highest BCUT2D eigenvalue weighted by molar-refractivity contribution is 6.05. The Morgan fingerprint density at radius 2 is 1.83 bits per heavy atom. The van der Waals surface area contributed by atoms with E-state index in [2.05, 4.69) is 10.3 Å². The third-order valence-corrected chi connectivity index (χ3v) is 7.39. The summed E-state index contributed by atoms with van der Waals surface area (Å²) in [6.07, 6.45) is -3.09. The number of nitrogens with zero attached hydrogens (tertiary/aromatic N) is 1. The summed E-state index contributed by atoms with van der Waals surface area (Å²) >= 11 is 0. The maximum Gasteiger partial charge on any atom is 0.420 e. The highest BCUT2D eigenvalue weighted by atomic mass is 35.5. The van der Waals surface area contributed by atoms with E-state index in [9.17, 15) is 23.1 Å². The summed E-state index contributed by atoms with van der Waals surface area (Å²) in [5.74, 6) is -0.196. The highest BCUT2D eigenvalue weighted by Gasteiger charge is 2.37. The smallest absolute Gasteiger partial charge is 0.420 e. The number of phenolic OH excluding ortho intramolecular Hbond substituents is 1. The van der Waals surface area contributed by atoms with Crippen LogP contribution in [0.4, 0.5) is 24.5 Å². The quantitative estimate of drug-likeness (QED) is 0.180. The molecule has 1 amide bonds. The van der Waals surface area contributed by atoms with Crippen LogP contribution in [0.2, 0.25) is 0 Å². The Bertz CT molecular complexity index is 1520. The SMILES string of the molecule is Cc1c(C)c2c(c(C)c1O)CCC(C)(CCOc1ccc(NC(=O)c3cccc(N=C(N)N)c3)cc1C(F)(F)F)O2.Cl. The van der Waals surface area contributed by atoms with Crippen molar-refractivity contribution in [2.24, 2.45) is 16.5 Å². The fourth-order valence-corrected chi connectivity index (χ4v) is 4.87. The number of phenols is 1. The van der Waals surface area contributed by atoms with Crippen molar-refractivity contribution in [2.75, 3.05) is 11.9 Å². The number of aromatic hydroxyl groups is 1. The summed E-state index contributed by atoms with van der Waals surface area (Å²) in [6, 6.07) is 9.40. The molecule has 1 aliphatic rings. The van der Waals surface area contributed by atoms with Crippen molar-refractivity contribution in [3.63, 3.8) is 0 Å². The Kier molecular flexibility index (Phi) is 9.56. The van der Waals surface area contributed by atoms with E-state index in [1.807, 2.05) is 27.7 Å². The van der Waals surface area contributed by atoms with Gasteiger partial charge in [0.1, 0.15) is 22.8 Å². The van der Waals surface area contributed by atoms with Gasteiger partial charge in [0, 0.05) is 23.2 Å². The van der Waals surface area contributed by atoms with E-state index >= 15 is 0 Å². The van der Waals surface area contributed by atoms with E-state index in [0.29, 0.717) is 30.7 Å². The van der Waals surface area contributed by atoms with Crippen LogP contribution in [-0.2, 0) is 12.6 Å². The van der Waals surface area contributed by atoms with Crippen molar-refractivity contribution in [1.29, 1.82) is 0 Å². The summed E-state index contributed by atoms with van der Waals surface area (Å²) in [4.78, 5) is 16.6. The molecule has 3 aromatic carbocycles. The third kappa shape index (κ3) is 7.02. The zero-order valence-electron chi connectivity index (χ0n) is 23.7. The summed E-state index contributed by atoms with van der Waals surface area (Å²) in [6.45, 7) is 7.44. The number of alkyl halides is 3. The van der Waals surface area contributed by atoms with Gasteiger partial charge in [0.2, 0.25) is 0 Å². The molecule has 1 aliphatic heterocycles. The maximum atomic E-state index is 14.0. The van der Waals surface area contributed by atoms with Gasteiger partial charge in [-0.3, -0.25) is 4.79 Å². The Balaban J connectivity index is 0.00000484. The predicted molar refractivity (Wildman–Crippen MR) is 158 cm³/mol. The van der Waals surface area contributed by atoms with Crippen LogP contribution in [-0.4, -0.2) is 29.2 Å². The zero-order valence-corrected chi connectivity index (χ0v) is 24.5. The number of aliphatic imine (C=N–C) groups is 1. The Morgan fingerprint density at radius 3 is 2.50 bits per heavy atom. The van der Waals surface area contributed by atoms with Crippen LogP contribution < -0.4 is 26.3 Å². The lowest BCUT2D eigenvalue weighted by atomic mass is 9.86. The molecule has 1 heterocycles. The lowest BCUT2D eigenvalue weighted by molar-refractivity contribution is -0.139. The molecule has 42 heavy (non-hydrogen) atoms. The fraction of sp³-hybridized carbons (Fsp3) is 0.333. The minimum absolute atomic E-state index is 0. The number of fused-ring (bicyclic) bond motifs is 1. The monoisotopic (exact) mass is 606 g/mol. The molecule has 6 N–H and O–H groups in total. The molecule has 1 atom stereocenters. The van der Waals surface area contributed by atoms with Crippen LogP contribution in [0.25, 0.3) is 0 Å². The third-order valence-electron chi connectivity index (χ3n) is 7.39. The molecule has 3 aromatic rings. The van der Waals surface area contributed by atoms with Crippen molar-refractivity contribution in [1.82, 2.24) is 0 Å². The zero-order chi connectivity index (χ0) is 30.1. The van der Waals surface area contributed by atoms with Gasteiger partial charge in [0.05, 0.1) is 17.9 Å². The summed E-state index contributed by atoms with van der Waals surface area (Å²) in [5.41, 5.74) is 12.8. The van der Waals surface area contributed by atoms with E-state index in [1.165, 1.54) is 24.3 Å². The Hall–Kier alpha value is -4.12. The number of hydrogen-bond acceptors (Lipinski definition) is 5. The molecule has 4 rings (SSSR count). The van der Waals surface area contributed by atoms with E-state index in [-0.39, 0.29) is 47.7 Å². The van der Waals surface area contributed by atoms with Crippen LogP contribution in [0.15, 0.2) is 47.5 Å². The molecule has 0 fully saturated rings. The first kappa shape index (κ1) is 32.4. The number of nitrogens with two attached hydrogens (primary N) is 2. The molecule has 8 nitrogen and oxygen atoms in total. The van der Waals surface area contributed by atoms with Gasteiger partial charge < -0.3 is 31.4 Å². The van der Waals surface area contributed by atoms with Crippen LogP contribution in [0, 0.1) is 20.8 Å². The van der Waals surface area contributed by atoms with Crippen molar-refractivity contribution >= 4 is 35.6 Å². The van der Waals surface area contributed by atoms with E-state index < -0.39 is 23.2 Å². The minimum Gasteiger partial charge on any atom is -0.507 e. The fourth-order valence-electron chi connectivity index (χ4n) is 4.87. The van der Waals surface area contributed by atoms with Gasteiger partial charge in [-0.25, -0.2) is 4.99 Å². The van der Waals surface area contributed by atoms with Crippen molar-refractivity contribution in [3.05, 3.63) is 75.8 Å². The van der Waals surface area contributed by atoms with Crippen molar-refractivity contribution in [2.45, 2.75) is 58.7 Å². The average Bonchev–Trinajstić information content (AvgIpc) is 2.90. The van der Waals surface area contributed by atoms with Gasteiger partial charge in [0.15, 0.2) is 5.96 Å². The number of anilines is 1. The number of carbonyl (C=O) groups is 1. The van der Waals surface area contributed by atoms with Crippen LogP contribution in [0.5, 0.6) is 17.2 Å². The topological polar surface area (TPSA) is 132 Å². The molecule has 226 valence electrons. The number of halogens is 4. The number of carbonyl (C=O) groups excluding carboxylic acids is 1. The average molecular weight is 607 g/mol. The van der Waals surface area contributed by atoms with Gasteiger partial charge in [-0.1, -0.05) is 6.07 Å². The van der Waals surface area contributed by atoms with Crippen LogP contribution in [0.3, 0.4) is 0 Å². The van der Waals surface area contributed by atoms with E-state index in [0.717, 1.165) is 28.3 Å². The van der Waals surface area contributed by atoms with Gasteiger partial charge >= 0.3 is 6.18 Å². The summed E-state index contributed by atoms with van der Waals surface area (Å²) in [5, 5.41) is 12.9. The largest absolute Gasteiger partial charge is 0.507 e. The standard InChI is InChI=1S/C30H33F3N4O4.ClH/c1-16-17(2)26-22(18(3)25(16)38)10-11-29(4,41-26)12-13-40-24-9-8-21(15-23(24)30(31,32)33)36-27(39)19-6-5-7-20(14-19)37-28(34)35;/h5-9,14-15,38H,10-13H2,1-4H3,(H,36,39)(H4,34,35,37);1H. The minimum atomic E-state index is -4.72. The summed E-state index contributed by atoms with van der Waals surface area (Å²) in [7, 11) is 0. The van der Waals surface area contributed by atoms with Crippen LogP contribution in [0.1, 0.15) is 57.9 Å². The highest BCUT2D eigenvalue weighted by Crippen LogP contribution is 2.44. The number of rotatable bonds is 7. The second-order valence-corrected chi connectivity index (χ2v) is 10.4. The number of benzene rings is 3. The lowest BCUT2D eigenvalue weighted by Gasteiger charge is -2.38. The van der Waals surface area contributed by atoms with E-state index in [4.69, 9.17) is 20.9 Å². The molecule has 12 heteroatoms. The molecule has 1 unspecified atom stereocenters. The van der Waals surface area contributed by atoms with Crippen molar-refractivity contribution < 1.29 is 32.5 Å². The van der Waals surface area contributed by atoms with Crippen molar-refractivity contribution in [3.8, 4) is 17.2 Å². The molecule has 0 radical (unpaired) electrons. The normalized spacial score (nSPS) is 16.0. The molecule has 0 aromatic heterocycles. The maximum absolute atomic E-state index is 14.0. The first-order valence-corrected chi connectivity index (χ1v) is 13.0. The van der Waals surface area contributed by atoms with Gasteiger partial charge in [-0.2, -0.15) is 13.2 Å². The molecule has 0 saturated carbocycles. The van der Waals surface area contributed by atoms with E-state index in [1.54, 1.807) is 12.1 Å². The van der Waals surface area contributed by atoms with Gasteiger partial charge in [-0.05, 0) is 93.6 Å². The number of hydrogen-bond donors (Lipinski definition) is 4. The summed E-state index contributed by atoms with van der Waals surface area (Å²) < 4.78 is 53.9. The number of ether oxygens (including phenoxy) is 2. The Morgan fingerprint density at radius 1 is 1.12 bits per heavy atom. The Labute approximate surface area is 248 Å². The molecule has 0 saturated heterocycles. The second kappa shape index (κ2) is 12.4. The number of guanidine groups is 1. The molecule has 0 spiro atoms. The lowest BCUT2D eigenvalue weighted by Crippen LogP contribution is -2.38. The molecular weight excluding hydrogens is 573 g/mol. The van der Waals surface area contributed by atoms with Gasteiger partial charge in [0.25, 0.3) is 5.91 Å². The first-order valence-electron chi connectivity index (χ1n) is 13.0.